The number of anilines is 1. The number of rotatable bonds is 6. The van der Waals surface area contributed by atoms with Crippen LogP contribution in [0.2, 0.25) is 0 Å². The van der Waals surface area contributed by atoms with Crippen LogP contribution in [0.15, 0.2) is 84.6 Å². The Morgan fingerprint density at radius 1 is 0.800 bits per heavy atom. The number of carbonyl (C=O) groups is 2. The third kappa shape index (κ3) is 3.90. The number of nitrogens with zero attached hydrogens (tertiary/aromatic N) is 1. The lowest BCUT2D eigenvalue weighted by atomic mass is 10.0. The average Bonchev–Trinajstić information content (AvgIpc) is 2.99. The minimum absolute atomic E-state index is 0.255. The van der Waals surface area contributed by atoms with Crippen molar-refractivity contribution in [3.8, 4) is 0 Å². The number of hydrogen-bond acceptors (Lipinski definition) is 3. The molecule has 1 aliphatic rings. The lowest BCUT2D eigenvalue weighted by molar-refractivity contribution is -0.136. The zero-order valence-corrected chi connectivity index (χ0v) is 17.2. The lowest BCUT2D eigenvalue weighted by Gasteiger charge is -2.16. The molecule has 2 amide bonds. The van der Waals surface area contributed by atoms with Gasteiger partial charge in [-0.15, -0.1) is 0 Å². The molecule has 0 atom stereocenters. The Hall–Kier alpha value is -3.66. The van der Waals surface area contributed by atoms with Gasteiger partial charge < -0.3 is 5.32 Å². The largest absolute Gasteiger partial charge is 0.350 e. The van der Waals surface area contributed by atoms with E-state index in [9.17, 15) is 9.59 Å². The van der Waals surface area contributed by atoms with Gasteiger partial charge in [-0.2, -0.15) is 0 Å². The average molecular weight is 396 g/mol. The molecule has 0 bridgehead atoms. The van der Waals surface area contributed by atoms with Gasteiger partial charge in [0.15, 0.2) is 0 Å². The minimum Gasteiger partial charge on any atom is -0.350 e. The summed E-state index contributed by atoms with van der Waals surface area (Å²) in [4.78, 5) is 27.9. The molecule has 0 aliphatic carbocycles. The van der Waals surface area contributed by atoms with Gasteiger partial charge in [-0.3, -0.25) is 14.5 Å². The second kappa shape index (κ2) is 8.37. The van der Waals surface area contributed by atoms with Crippen molar-refractivity contribution in [3.63, 3.8) is 0 Å². The maximum atomic E-state index is 13.3. The summed E-state index contributed by atoms with van der Waals surface area (Å²) in [6.07, 6.45) is 0.622. The normalized spacial score (nSPS) is 13.9. The van der Waals surface area contributed by atoms with Crippen molar-refractivity contribution in [1.29, 1.82) is 0 Å². The van der Waals surface area contributed by atoms with Gasteiger partial charge in [0, 0.05) is 12.2 Å². The Balaban J connectivity index is 1.68. The van der Waals surface area contributed by atoms with E-state index in [1.165, 1.54) is 4.90 Å². The molecule has 1 heterocycles. The highest BCUT2D eigenvalue weighted by molar-refractivity contribution is 6.36. The van der Waals surface area contributed by atoms with Crippen LogP contribution >= 0.6 is 0 Å². The second-order valence-electron chi connectivity index (χ2n) is 7.56. The van der Waals surface area contributed by atoms with Gasteiger partial charge >= 0.3 is 0 Å². The smallest absolute Gasteiger partial charge is 0.278 e. The molecule has 0 spiro atoms. The summed E-state index contributed by atoms with van der Waals surface area (Å²) >= 11 is 0. The van der Waals surface area contributed by atoms with Crippen LogP contribution in [0.25, 0.3) is 5.57 Å². The molecule has 0 radical (unpaired) electrons. The van der Waals surface area contributed by atoms with E-state index in [0.29, 0.717) is 24.2 Å². The third-order valence-electron chi connectivity index (χ3n) is 5.34. The molecule has 3 aromatic carbocycles. The fraction of sp³-hybridized carbons (Fsp3) is 0.154. The first-order chi connectivity index (χ1) is 14.5. The van der Waals surface area contributed by atoms with E-state index >= 15 is 0 Å². The van der Waals surface area contributed by atoms with Crippen molar-refractivity contribution >= 4 is 23.1 Å². The van der Waals surface area contributed by atoms with E-state index in [-0.39, 0.29) is 11.8 Å². The fourth-order valence-corrected chi connectivity index (χ4v) is 3.74. The summed E-state index contributed by atoms with van der Waals surface area (Å²) in [6.45, 7) is 4.36. The topological polar surface area (TPSA) is 49.4 Å². The van der Waals surface area contributed by atoms with Crippen LogP contribution in [-0.2, 0) is 16.0 Å². The quantitative estimate of drug-likeness (QED) is 0.613. The highest BCUT2D eigenvalue weighted by atomic mass is 16.2. The SMILES string of the molecule is Cc1ccc(NC2=C(c3ccccc3)C(=O)N(CCc3ccccc3)C2=O)c(C)c1. The third-order valence-corrected chi connectivity index (χ3v) is 5.34. The second-order valence-corrected chi connectivity index (χ2v) is 7.56. The molecule has 0 aromatic heterocycles. The molecular formula is C26H24N2O2. The van der Waals surface area contributed by atoms with Crippen molar-refractivity contribution in [1.82, 2.24) is 4.90 Å². The van der Waals surface area contributed by atoms with Crippen LogP contribution in [-0.4, -0.2) is 23.3 Å². The number of carbonyl (C=O) groups excluding carboxylic acids is 2. The Morgan fingerprint density at radius 2 is 1.47 bits per heavy atom. The summed E-state index contributed by atoms with van der Waals surface area (Å²) in [5, 5.41) is 3.26. The van der Waals surface area contributed by atoms with Crippen LogP contribution < -0.4 is 5.32 Å². The molecule has 4 heteroatoms. The molecule has 150 valence electrons. The number of aryl methyl sites for hydroxylation is 2. The molecule has 0 saturated carbocycles. The first-order valence-electron chi connectivity index (χ1n) is 10.1. The molecular weight excluding hydrogens is 372 g/mol. The molecule has 3 aromatic rings. The zero-order valence-electron chi connectivity index (χ0n) is 17.2. The Morgan fingerprint density at radius 3 is 2.13 bits per heavy atom. The van der Waals surface area contributed by atoms with Crippen molar-refractivity contribution in [2.45, 2.75) is 20.3 Å². The minimum atomic E-state index is -0.283. The molecule has 4 rings (SSSR count). The van der Waals surface area contributed by atoms with Crippen molar-refractivity contribution in [3.05, 3.63) is 107 Å². The van der Waals surface area contributed by atoms with E-state index in [1.54, 1.807) is 0 Å². The molecule has 0 unspecified atom stereocenters. The Kier molecular flexibility index (Phi) is 5.48. The maximum Gasteiger partial charge on any atom is 0.278 e. The monoisotopic (exact) mass is 396 g/mol. The summed E-state index contributed by atoms with van der Waals surface area (Å²) in [5.74, 6) is -0.538. The van der Waals surface area contributed by atoms with Gasteiger partial charge in [0.25, 0.3) is 11.8 Å². The molecule has 0 saturated heterocycles. The number of benzene rings is 3. The Bertz CT molecular complexity index is 1120. The summed E-state index contributed by atoms with van der Waals surface area (Å²) in [7, 11) is 0. The fourth-order valence-electron chi connectivity index (χ4n) is 3.74. The van der Waals surface area contributed by atoms with E-state index in [1.807, 2.05) is 86.6 Å². The number of hydrogen-bond donors (Lipinski definition) is 1. The Labute approximate surface area is 176 Å². The van der Waals surface area contributed by atoms with Gasteiger partial charge in [0.1, 0.15) is 5.70 Å². The maximum absolute atomic E-state index is 13.3. The van der Waals surface area contributed by atoms with E-state index in [0.717, 1.165) is 27.9 Å². The summed E-state index contributed by atoms with van der Waals surface area (Å²) in [6, 6.07) is 25.3. The predicted molar refractivity (Wildman–Crippen MR) is 120 cm³/mol. The predicted octanol–water partition coefficient (Wildman–Crippen LogP) is 4.74. The van der Waals surface area contributed by atoms with E-state index in [2.05, 4.69) is 11.4 Å². The molecule has 1 N–H and O–H groups in total. The van der Waals surface area contributed by atoms with Gasteiger partial charge in [-0.25, -0.2) is 0 Å². The van der Waals surface area contributed by atoms with Crippen LogP contribution in [0.1, 0.15) is 22.3 Å². The van der Waals surface area contributed by atoms with Crippen molar-refractivity contribution in [2.24, 2.45) is 0 Å². The van der Waals surface area contributed by atoms with Gasteiger partial charge in [-0.05, 0) is 43.0 Å². The standard InChI is InChI=1S/C26H24N2O2/c1-18-13-14-22(19(2)17-18)27-24-23(21-11-7-4-8-12-21)25(29)28(26(24)30)16-15-20-9-5-3-6-10-20/h3-14,17,27H,15-16H2,1-2H3. The number of nitrogens with one attached hydrogen (secondary N) is 1. The highest BCUT2D eigenvalue weighted by Crippen LogP contribution is 2.31. The molecule has 4 nitrogen and oxygen atoms in total. The van der Waals surface area contributed by atoms with Crippen LogP contribution in [0.3, 0.4) is 0 Å². The molecule has 1 aliphatic heterocycles. The van der Waals surface area contributed by atoms with Crippen LogP contribution in [0.5, 0.6) is 0 Å². The zero-order chi connectivity index (χ0) is 21.1. The van der Waals surface area contributed by atoms with Gasteiger partial charge in [0.05, 0.1) is 5.57 Å². The van der Waals surface area contributed by atoms with Crippen molar-refractivity contribution < 1.29 is 9.59 Å². The summed E-state index contributed by atoms with van der Waals surface area (Å²) in [5.41, 5.74) is 5.60. The number of imide groups is 1. The van der Waals surface area contributed by atoms with Crippen molar-refractivity contribution in [2.75, 3.05) is 11.9 Å². The lowest BCUT2D eigenvalue weighted by Crippen LogP contribution is -2.34. The van der Waals surface area contributed by atoms with E-state index in [4.69, 9.17) is 0 Å². The highest BCUT2D eigenvalue weighted by Gasteiger charge is 2.38. The van der Waals surface area contributed by atoms with Gasteiger partial charge in [0.2, 0.25) is 0 Å². The molecule has 0 fully saturated rings. The first-order valence-corrected chi connectivity index (χ1v) is 10.1. The van der Waals surface area contributed by atoms with E-state index < -0.39 is 0 Å². The van der Waals surface area contributed by atoms with Crippen LogP contribution in [0.4, 0.5) is 5.69 Å². The first kappa shape index (κ1) is 19.6. The molecule has 30 heavy (non-hydrogen) atoms. The van der Waals surface area contributed by atoms with Crippen LogP contribution in [0, 0.1) is 13.8 Å². The van der Waals surface area contributed by atoms with Gasteiger partial charge in [-0.1, -0.05) is 78.4 Å². The number of amides is 2. The summed E-state index contributed by atoms with van der Waals surface area (Å²) < 4.78 is 0.